The molecule has 142 valence electrons. The summed E-state index contributed by atoms with van der Waals surface area (Å²) in [5, 5.41) is 2.97. The molecule has 0 spiro atoms. The maximum Gasteiger partial charge on any atom is 0.224 e. The summed E-state index contributed by atoms with van der Waals surface area (Å²) >= 11 is 0. The van der Waals surface area contributed by atoms with Crippen LogP contribution in [0.2, 0.25) is 0 Å². The van der Waals surface area contributed by atoms with Crippen molar-refractivity contribution in [1.29, 1.82) is 0 Å². The van der Waals surface area contributed by atoms with E-state index in [2.05, 4.69) is 79.2 Å². The Bertz CT molecular complexity index is 784. The van der Waals surface area contributed by atoms with E-state index >= 15 is 0 Å². The number of nitrogens with one attached hydrogen (secondary N) is 1. The van der Waals surface area contributed by atoms with Gasteiger partial charge >= 0.3 is 0 Å². The van der Waals surface area contributed by atoms with Crippen molar-refractivity contribution in [1.82, 2.24) is 10.2 Å². The smallest absolute Gasteiger partial charge is 0.224 e. The van der Waals surface area contributed by atoms with Gasteiger partial charge in [0.2, 0.25) is 5.91 Å². The highest BCUT2D eigenvalue weighted by Gasteiger charge is 2.32. The Balaban J connectivity index is 1.80. The number of piperidine rings is 1. The molecule has 2 unspecified atom stereocenters. The average molecular weight is 363 g/mol. The van der Waals surface area contributed by atoms with Crippen molar-refractivity contribution in [2.24, 2.45) is 5.92 Å². The average Bonchev–Trinajstić information content (AvgIpc) is 2.69. The molecule has 3 heteroatoms. The maximum absolute atomic E-state index is 12.5. The predicted octanol–water partition coefficient (Wildman–Crippen LogP) is 4.56. The lowest BCUT2D eigenvalue weighted by atomic mass is 9.88. The first-order chi connectivity index (χ1) is 13.1. The second-order valence-electron chi connectivity index (χ2n) is 7.58. The van der Waals surface area contributed by atoms with Crippen LogP contribution < -0.4 is 5.32 Å². The van der Waals surface area contributed by atoms with E-state index in [1.807, 2.05) is 0 Å². The fourth-order valence-electron chi connectivity index (χ4n) is 3.94. The molecule has 0 bridgehead atoms. The lowest BCUT2D eigenvalue weighted by Crippen LogP contribution is -2.44. The molecule has 0 saturated carbocycles. The highest BCUT2D eigenvalue weighted by atomic mass is 16.1. The zero-order valence-corrected chi connectivity index (χ0v) is 16.4. The first-order valence-electron chi connectivity index (χ1n) is 9.82. The molecule has 1 amide bonds. The van der Waals surface area contributed by atoms with Gasteiger partial charge in [-0.3, -0.25) is 9.69 Å². The van der Waals surface area contributed by atoms with Gasteiger partial charge < -0.3 is 5.32 Å². The van der Waals surface area contributed by atoms with E-state index < -0.39 is 0 Å². The van der Waals surface area contributed by atoms with Gasteiger partial charge in [0.1, 0.15) is 0 Å². The minimum atomic E-state index is 0.0384. The van der Waals surface area contributed by atoms with Crippen molar-refractivity contribution in [2.75, 3.05) is 13.1 Å². The highest BCUT2D eigenvalue weighted by Crippen LogP contribution is 2.34. The minimum Gasteiger partial charge on any atom is -0.352 e. The van der Waals surface area contributed by atoms with Crippen molar-refractivity contribution >= 4 is 5.91 Å². The van der Waals surface area contributed by atoms with Gasteiger partial charge in [0.05, 0.1) is 5.92 Å². The Kier molecular flexibility index (Phi) is 6.46. The number of amides is 1. The molecule has 1 fully saturated rings. The van der Waals surface area contributed by atoms with E-state index in [1.54, 1.807) is 6.08 Å². The Hall–Kier alpha value is -2.39. The summed E-state index contributed by atoms with van der Waals surface area (Å²) in [7, 11) is 0. The zero-order chi connectivity index (χ0) is 19.2. The summed E-state index contributed by atoms with van der Waals surface area (Å²) in [6, 6.07) is 17.7. The second-order valence-corrected chi connectivity index (χ2v) is 7.58. The third kappa shape index (κ3) is 4.86. The number of hydrogen-bond donors (Lipinski definition) is 1. The number of carbonyl (C=O) groups excluding carboxylic acids is 1. The fourth-order valence-corrected chi connectivity index (χ4v) is 3.94. The van der Waals surface area contributed by atoms with Gasteiger partial charge in [-0.05, 0) is 48.9 Å². The maximum atomic E-state index is 12.5. The number of hydrogen-bond acceptors (Lipinski definition) is 2. The monoisotopic (exact) mass is 362 g/mol. The minimum absolute atomic E-state index is 0.0384. The standard InChI is InChI=1S/C24H30N2O/c1-4-14-25-24(27)22-12-13-23(21-8-6-5-7-9-21)26(17-22)16-20-11-10-18(2)19(3)15-20/h4-11,15,22-23H,1,12-14,16-17H2,2-3H3,(H,25,27). The summed E-state index contributed by atoms with van der Waals surface area (Å²) in [5.74, 6) is 0.183. The molecule has 0 radical (unpaired) electrons. The zero-order valence-electron chi connectivity index (χ0n) is 16.4. The second kappa shape index (κ2) is 9.01. The Morgan fingerprint density at radius 3 is 2.63 bits per heavy atom. The molecule has 1 aliphatic heterocycles. The van der Waals surface area contributed by atoms with Crippen LogP contribution in [0.25, 0.3) is 0 Å². The first kappa shape index (κ1) is 19.4. The van der Waals surface area contributed by atoms with E-state index in [1.165, 1.54) is 22.3 Å². The van der Waals surface area contributed by atoms with Crippen molar-refractivity contribution in [2.45, 2.75) is 39.3 Å². The Morgan fingerprint density at radius 1 is 1.15 bits per heavy atom. The van der Waals surface area contributed by atoms with Gasteiger partial charge in [-0.2, -0.15) is 0 Å². The molecule has 2 aromatic rings. The van der Waals surface area contributed by atoms with Gasteiger partial charge in [-0.1, -0.05) is 54.6 Å². The topological polar surface area (TPSA) is 32.3 Å². The van der Waals surface area contributed by atoms with Crippen LogP contribution >= 0.6 is 0 Å². The number of benzene rings is 2. The Labute approximate surface area is 163 Å². The molecule has 1 aliphatic rings. The molecule has 0 aliphatic carbocycles. The van der Waals surface area contributed by atoms with Crippen LogP contribution in [-0.2, 0) is 11.3 Å². The molecule has 1 saturated heterocycles. The van der Waals surface area contributed by atoms with E-state index in [9.17, 15) is 4.79 Å². The van der Waals surface area contributed by atoms with Crippen LogP contribution in [0.4, 0.5) is 0 Å². The van der Waals surface area contributed by atoms with Gasteiger partial charge in [0, 0.05) is 25.7 Å². The van der Waals surface area contributed by atoms with Crippen molar-refractivity contribution in [3.63, 3.8) is 0 Å². The normalized spacial score (nSPS) is 20.2. The van der Waals surface area contributed by atoms with Crippen LogP contribution in [-0.4, -0.2) is 23.9 Å². The van der Waals surface area contributed by atoms with Crippen LogP contribution in [0.5, 0.6) is 0 Å². The molecule has 1 heterocycles. The van der Waals surface area contributed by atoms with E-state index in [0.29, 0.717) is 12.6 Å². The molecule has 2 aromatic carbocycles. The molecule has 0 aromatic heterocycles. The van der Waals surface area contributed by atoms with Crippen LogP contribution in [0.15, 0.2) is 61.2 Å². The van der Waals surface area contributed by atoms with Crippen molar-refractivity contribution in [3.8, 4) is 0 Å². The molecular weight excluding hydrogens is 332 g/mol. The van der Waals surface area contributed by atoms with E-state index in [0.717, 1.165) is 25.9 Å². The quantitative estimate of drug-likeness (QED) is 0.764. The van der Waals surface area contributed by atoms with Gasteiger partial charge in [0.25, 0.3) is 0 Å². The summed E-state index contributed by atoms with van der Waals surface area (Å²) in [4.78, 5) is 15.0. The van der Waals surface area contributed by atoms with Crippen molar-refractivity contribution in [3.05, 3.63) is 83.4 Å². The molecule has 3 rings (SSSR count). The third-order valence-corrected chi connectivity index (χ3v) is 5.62. The van der Waals surface area contributed by atoms with Crippen molar-refractivity contribution < 1.29 is 4.79 Å². The first-order valence-corrected chi connectivity index (χ1v) is 9.82. The summed E-state index contributed by atoms with van der Waals surface area (Å²) in [6.07, 6.45) is 3.66. The number of aryl methyl sites for hydroxylation is 2. The van der Waals surface area contributed by atoms with Crippen LogP contribution in [0.1, 0.15) is 41.1 Å². The fraction of sp³-hybridized carbons (Fsp3) is 0.375. The van der Waals surface area contributed by atoms with Gasteiger partial charge in [-0.15, -0.1) is 6.58 Å². The molecular formula is C24H30N2O. The lowest BCUT2D eigenvalue weighted by molar-refractivity contribution is -0.127. The summed E-state index contributed by atoms with van der Waals surface area (Å²) < 4.78 is 0. The number of nitrogens with zero attached hydrogens (tertiary/aromatic N) is 1. The predicted molar refractivity (Wildman–Crippen MR) is 111 cm³/mol. The number of rotatable bonds is 6. The largest absolute Gasteiger partial charge is 0.352 e. The van der Waals surface area contributed by atoms with Crippen LogP contribution in [0, 0.1) is 19.8 Å². The van der Waals surface area contributed by atoms with Gasteiger partial charge in [0.15, 0.2) is 0 Å². The molecule has 27 heavy (non-hydrogen) atoms. The molecule has 2 atom stereocenters. The highest BCUT2D eigenvalue weighted by molar-refractivity contribution is 5.79. The molecule has 3 nitrogen and oxygen atoms in total. The van der Waals surface area contributed by atoms with Crippen LogP contribution in [0.3, 0.4) is 0 Å². The lowest BCUT2D eigenvalue weighted by Gasteiger charge is -2.39. The number of likely N-dealkylation sites (tertiary alicyclic amines) is 1. The Morgan fingerprint density at radius 2 is 1.93 bits per heavy atom. The number of carbonyl (C=O) groups is 1. The van der Waals surface area contributed by atoms with Gasteiger partial charge in [-0.25, -0.2) is 0 Å². The summed E-state index contributed by atoms with van der Waals surface area (Å²) in [6.45, 7) is 10.2. The third-order valence-electron chi connectivity index (χ3n) is 5.62. The molecule has 1 N–H and O–H groups in total. The van der Waals surface area contributed by atoms with E-state index in [4.69, 9.17) is 0 Å². The summed E-state index contributed by atoms with van der Waals surface area (Å²) in [5.41, 5.74) is 5.29. The van der Waals surface area contributed by atoms with E-state index in [-0.39, 0.29) is 11.8 Å². The SMILES string of the molecule is C=CCNC(=O)C1CCC(c2ccccc2)N(Cc2ccc(C)c(C)c2)C1.